The van der Waals surface area contributed by atoms with Crippen LogP contribution >= 0.6 is 0 Å². The third kappa shape index (κ3) is 29.6. The standard InChI is InChI=1S/C49H91NO8/c1-3-5-7-9-10-11-12-13-14-15-16-17-18-19-20-21-22-23-24-25-26-27-28-29-30-31-32-33-34-35-37-39-45(53)50-42(43(52)38-36-8-6-4-2)41-57-49-48(56)47(55)46(54)44(40-51)58-49/h12-13,15-16,18-19,42-44,46-49,51-52,54-56H,3-11,14,17,20-41H2,1-2H3,(H,50,53)/b13-12-,16-15-,19-18-. The van der Waals surface area contributed by atoms with Crippen molar-refractivity contribution in [2.75, 3.05) is 13.2 Å². The maximum absolute atomic E-state index is 12.8. The lowest BCUT2D eigenvalue weighted by Gasteiger charge is -2.40. The fourth-order valence-electron chi connectivity index (χ4n) is 7.58. The molecule has 0 bridgehead atoms. The molecule has 9 nitrogen and oxygen atoms in total. The zero-order chi connectivity index (χ0) is 42.3. The highest BCUT2D eigenvalue weighted by Gasteiger charge is 2.44. The minimum absolute atomic E-state index is 0.140. The molecule has 0 aromatic carbocycles. The highest BCUT2D eigenvalue weighted by Crippen LogP contribution is 2.23. The van der Waals surface area contributed by atoms with E-state index in [1.165, 1.54) is 128 Å². The molecule has 1 rings (SSSR count). The van der Waals surface area contributed by atoms with Crippen molar-refractivity contribution in [3.8, 4) is 0 Å². The number of amides is 1. The minimum Gasteiger partial charge on any atom is -0.394 e. The Morgan fingerprint density at radius 3 is 1.50 bits per heavy atom. The van der Waals surface area contributed by atoms with Crippen LogP contribution in [0.5, 0.6) is 0 Å². The summed E-state index contributed by atoms with van der Waals surface area (Å²) in [5, 5.41) is 53.7. The molecule has 0 aliphatic carbocycles. The summed E-state index contributed by atoms with van der Waals surface area (Å²) < 4.78 is 11.1. The summed E-state index contributed by atoms with van der Waals surface area (Å²) >= 11 is 0. The predicted molar refractivity (Wildman–Crippen MR) is 240 cm³/mol. The van der Waals surface area contributed by atoms with Gasteiger partial charge in [0.25, 0.3) is 0 Å². The molecule has 0 aromatic heterocycles. The average molecular weight is 822 g/mol. The molecule has 6 N–H and O–H groups in total. The van der Waals surface area contributed by atoms with Crippen molar-refractivity contribution in [1.29, 1.82) is 0 Å². The van der Waals surface area contributed by atoms with Crippen molar-refractivity contribution in [3.63, 3.8) is 0 Å². The van der Waals surface area contributed by atoms with E-state index in [1.807, 2.05) is 0 Å². The third-order valence-corrected chi connectivity index (χ3v) is 11.5. The van der Waals surface area contributed by atoms with Crippen LogP contribution in [0.4, 0.5) is 0 Å². The van der Waals surface area contributed by atoms with Gasteiger partial charge in [-0.1, -0.05) is 192 Å². The van der Waals surface area contributed by atoms with Gasteiger partial charge in [-0.15, -0.1) is 0 Å². The van der Waals surface area contributed by atoms with E-state index >= 15 is 0 Å². The summed E-state index contributed by atoms with van der Waals surface area (Å²) in [6.07, 6.45) is 42.5. The smallest absolute Gasteiger partial charge is 0.220 e. The molecule has 7 atom stereocenters. The van der Waals surface area contributed by atoms with Crippen molar-refractivity contribution in [3.05, 3.63) is 36.5 Å². The van der Waals surface area contributed by atoms with Gasteiger partial charge < -0.3 is 40.3 Å². The van der Waals surface area contributed by atoms with Crippen LogP contribution in [0.3, 0.4) is 0 Å². The number of aliphatic hydroxyl groups excluding tert-OH is 5. The summed E-state index contributed by atoms with van der Waals surface area (Å²) in [6.45, 7) is 3.70. The Hall–Kier alpha value is -1.59. The zero-order valence-electron chi connectivity index (χ0n) is 37.3. The molecular weight excluding hydrogens is 731 g/mol. The Kier molecular flexibility index (Phi) is 37.1. The maximum atomic E-state index is 12.8. The second-order valence-electron chi connectivity index (χ2n) is 16.9. The normalized spacial score (nSPS) is 21.1. The largest absolute Gasteiger partial charge is 0.394 e. The Morgan fingerprint density at radius 2 is 1.02 bits per heavy atom. The molecule has 7 unspecified atom stereocenters. The van der Waals surface area contributed by atoms with Gasteiger partial charge in [0.05, 0.1) is 25.4 Å². The number of hydrogen-bond donors (Lipinski definition) is 6. The number of allylic oxidation sites excluding steroid dienone is 6. The first-order valence-electron chi connectivity index (χ1n) is 24.2. The molecule has 1 aliphatic heterocycles. The monoisotopic (exact) mass is 822 g/mol. The van der Waals surface area contributed by atoms with Gasteiger partial charge in [0, 0.05) is 6.42 Å². The highest BCUT2D eigenvalue weighted by atomic mass is 16.7. The van der Waals surface area contributed by atoms with Crippen LogP contribution in [-0.4, -0.2) is 87.5 Å². The molecular formula is C49H91NO8. The van der Waals surface area contributed by atoms with E-state index in [-0.39, 0.29) is 12.5 Å². The first-order valence-corrected chi connectivity index (χ1v) is 24.2. The second kappa shape index (κ2) is 39.5. The lowest BCUT2D eigenvalue weighted by molar-refractivity contribution is -0.302. The van der Waals surface area contributed by atoms with E-state index < -0.39 is 49.5 Å². The summed E-state index contributed by atoms with van der Waals surface area (Å²) in [4.78, 5) is 12.8. The van der Waals surface area contributed by atoms with Crippen LogP contribution < -0.4 is 5.32 Å². The van der Waals surface area contributed by atoms with Gasteiger partial charge in [-0.05, 0) is 51.4 Å². The molecule has 1 aliphatic rings. The maximum Gasteiger partial charge on any atom is 0.220 e. The van der Waals surface area contributed by atoms with Gasteiger partial charge in [0.2, 0.25) is 5.91 Å². The van der Waals surface area contributed by atoms with Crippen LogP contribution in [0.1, 0.15) is 213 Å². The summed E-state index contributed by atoms with van der Waals surface area (Å²) in [6, 6.07) is -0.713. The lowest BCUT2D eigenvalue weighted by atomic mass is 9.99. The predicted octanol–water partition coefficient (Wildman–Crippen LogP) is 10.5. The Morgan fingerprint density at radius 1 is 0.586 bits per heavy atom. The molecule has 1 saturated heterocycles. The highest BCUT2D eigenvalue weighted by molar-refractivity contribution is 5.76. The molecule has 1 amide bonds. The van der Waals surface area contributed by atoms with Gasteiger partial charge in [0.1, 0.15) is 24.4 Å². The molecule has 58 heavy (non-hydrogen) atoms. The van der Waals surface area contributed by atoms with Gasteiger partial charge in [0.15, 0.2) is 6.29 Å². The number of aliphatic hydroxyl groups is 5. The summed E-state index contributed by atoms with van der Waals surface area (Å²) in [7, 11) is 0. The fourth-order valence-corrected chi connectivity index (χ4v) is 7.58. The number of carbonyl (C=O) groups is 1. The minimum atomic E-state index is -1.55. The van der Waals surface area contributed by atoms with Crippen molar-refractivity contribution in [1.82, 2.24) is 5.32 Å². The van der Waals surface area contributed by atoms with Gasteiger partial charge in [-0.2, -0.15) is 0 Å². The van der Waals surface area contributed by atoms with E-state index in [0.29, 0.717) is 12.8 Å². The molecule has 0 saturated carbocycles. The van der Waals surface area contributed by atoms with Crippen LogP contribution in [-0.2, 0) is 14.3 Å². The van der Waals surface area contributed by atoms with E-state index in [4.69, 9.17) is 9.47 Å². The average Bonchev–Trinajstić information content (AvgIpc) is 3.22. The van der Waals surface area contributed by atoms with Gasteiger partial charge in [-0.3, -0.25) is 4.79 Å². The van der Waals surface area contributed by atoms with E-state index in [9.17, 15) is 30.3 Å². The molecule has 0 aromatic rings. The van der Waals surface area contributed by atoms with Crippen LogP contribution in [0, 0.1) is 0 Å². The quantitative estimate of drug-likeness (QED) is 0.0264. The number of unbranched alkanes of at least 4 members (excludes halogenated alkanes) is 24. The number of carbonyl (C=O) groups excluding carboxylic acids is 1. The van der Waals surface area contributed by atoms with E-state index in [2.05, 4.69) is 55.6 Å². The van der Waals surface area contributed by atoms with Gasteiger partial charge >= 0.3 is 0 Å². The SMILES string of the molecule is CCCCCCC/C=C\C/C=C\C/C=C\CCCCCCCCCCCCCCCCCCC(=O)NC(COC1OC(CO)C(O)C(O)C1O)C(O)CCCCCC. The van der Waals surface area contributed by atoms with Crippen molar-refractivity contribution < 1.29 is 39.8 Å². The van der Waals surface area contributed by atoms with Crippen molar-refractivity contribution >= 4 is 5.91 Å². The van der Waals surface area contributed by atoms with Crippen molar-refractivity contribution in [2.24, 2.45) is 0 Å². The second-order valence-corrected chi connectivity index (χ2v) is 16.9. The Labute approximate surface area is 355 Å². The fraction of sp³-hybridized carbons (Fsp3) is 0.857. The van der Waals surface area contributed by atoms with Crippen LogP contribution in [0.2, 0.25) is 0 Å². The number of rotatable bonds is 40. The molecule has 0 radical (unpaired) electrons. The molecule has 1 heterocycles. The number of hydrogen-bond acceptors (Lipinski definition) is 8. The summed E-state index contributed by atoms with van der Waals surface area (Å²) in [5.41, 5.74) is 0. The number of ether oxygens (including phenoxy) is 2. The first-order chi connectivity index (χ1) is 28.3. The lowest BCUT2D eigenvalue weighted by Crippen LogP contribution is -2.60. The van der Waals surface area contributed by atoms with Crippen molar-refractivity contribution in [2.45, 2.75) is 256 Å². The summed E-state index contributed by atoms with van der Waals surface area (Å²) in [5.74, 6) is -0.153. The molecule has 340 valence electrons. The first kappa shape index (κ1) is 54.4. The Balaban J connectivity index is 2.02. The molecule has 0 spiro atoms. The molecule has 9 heteroatoms. The van der Waals surface area contributed by atoms with E-state index in [1.54, 1.807) is 0 Å². The zero-order valence-corrected chi connectivity index (χ0v) is 37.3. The Bertz CT molecular complexity index is 1000. The van der Waals surface area contributed by atoms with Crippen LogP contribution in [0.15, 0.2) is 36.5 Å². The topological polar surface area (TPSA) is 149 Å². The van der Waals surface area contributed by atoms with E-state index in [0.717, 1.165) is 57.8 Å². The number of nitrogens with one attached hydrogen (secondary N) is 1. The van der Waals surface area contributed by atoms with Crippen LogP contribution in [0.25, 0.3) is 0 Å². The van der Waals surface area contributed by atoms with Gasteiger partial charge in [-0.25, -0.2) is 0 Å². The molecule has 1 fully saturated rings. The third-order valence-electron chi connectivity index (χ3n) is 11.5.